The highest BCUT2D eigenvalue weighted by molar-refractivity contribution is 6.30. The van der Waals surface area contributed by atoms with Crippen LogP contribution in [0.25, 0.3) is 32.9 Å². The first-order valence-electron chi connectivity index (χ1n) is 11.1. The average molecular weight is 470 g/mol. The lowest BCUT2D eigenvalue weighted by Gasteiger charge is -2.12. The molecule has 0 saturated heterocycles. The van der Waals surface area contributed by atoms with Crippen LogP contribution in [-0.4, -0.2) is 25.6 Å². The van der Waals surface area contributed by atoms with Gasteiger partial charge in [0.25, 0.3) is 5.56 Å². The number of para-hydroxylation sites is 1. The van der Waals surface area contributed by atoms with Gasteiger partial charge in [0.15, 0.2) is 0 Å². The molecule has 0 unspecified atom stereocenters. The minimum atomic E-state index is -1.08. The standard InChI is InChI=1S/C27H20ClN3O3/c28-23-13-17(18-7-1-2-9-21(18)30-23)14-31-22-12-16-6-3-5-15(16)11-20(22)24(25(31)27(33)34)19-8-4-10-29-26(19)32/h1-2,4,7-13H,3,5-6,14H2,(H,29,32)(H,33,34). The number of rotatable bonds is 4. The molecule has 34 heavy (non-hydrogen) atoms. The van der Waals surface area contributed by atoms with E-state index in [9.17, 15) is 14.7 Å². The molecule has 2 aromatic carbocycles. The highest BCUT2D eigenvalue weighted by atomic mass is 35.5. The highest BCUT2D eigenvalue weighted by Crippen LogP contribution is 2.38. The maximum Gasteiger partial charge on any atom is 0.353 e. The summed E-state index contributed by atoms with van der Waals surface area (Å²) in [6.45, 7) is 0.282. The number of aryl methyl sites for hydroxylation is 2. The number of benzene rings is 2. The number of H-pyrrole nitrogens is 1. The van der Waals surface area contributed by atoms with Crippen molar-refractivity contribution in [1.82, 2.24) is 14.5 Å². The van der Waals surface area contributed by atoms with Gasteiger partial charge in [0.1, 0.15) is 10.8 Å². The molecule has 6 nitrogen and oxygen atoms in total. The molecule has 1 aliphatic carbocycles. The van der Waals surface area contributed by atoms with Crippen LogP contribution in [0.5, 0.6) is 0 Å². The number of halogens is 1. The van der Waals surface area contributed by atoms with Gasteiger partial charge in [-0.05, 0) is 72.4 Å². The lowest BCUT2D eigenvalue weighted by Crippen LogP contribution is -2.13. The molecule has 0 saturated carbocycles. The minimum Gasteiger partial charge on any atom is -0.477 e. The predicted molar refractivity (Wildman–Crippen MR) is 133 cm³/mol. The fraction of sp³-hybridized carbons (Fsp3) is 0.148. The summed E-state index contributed by atoms with van der Waals surface area (Å²) in [6, 6.07) is 17.0. The van der Waals surface area contributed by atoms with Crippen molar-refractivity contribution in [2.75, 3.05) is 0 Å². The minimum absolute atomic E-state index is 0.0902. The summed E-state index contributed by atoms with van der Waals surface area (Å²) in [5, 5.41) is 12.4. The van der Waals surface area contributed by atoms with Crippen molar-refractivity contribution < 1.29 is 9.90 Å². The van der Waals surface area contributed by atoms with Crippen molar-refractivity contribution in [3.63, 3.8) is 0 Å². The van der Waals surface area contributed by atoms with Gasteiger partial charge in [0, 0.05) is 40.2 Å². The number of carboxylic acid groups (broad SMARTS) is 1. The Balaban J connectivity index is 1.70. The number of aromatic nitrogens is 3. The fourth-order valence-electron chi connectivity index (χ4n) is 5.21. The third kappa shape index (κ3) is 3.22. The Hall–Kier alpha value is -3.90. The van der Waals surface area contributed by atoms with E-state index in [0.29, 0.717) is 16.3 Å². The van der Waals surface area contributed by atoms with Crippen LogP contribution in [0.3, 0.4) is 0 Å². The first-order valence-corrected chi connectivity index (χ1v) is 11.5. The summed E-state index contributed by atoms with van der Waals surface area (Å²) in [4.78, 5) is 32.6. The molecule has 7 heteroatoms. The van der Waals surface area contributed by atoms with Gasteiger partial charge >= 0.3 is 5.97 Å². The summed E-state index contributed by atoms with van der Waals surface area (Å²) < 4.78 is 1.80. The molecule has 168 valence electrons. The molecule has 0 amide bonds. The lowest BCUT2D eigenvalue weighted by atomic mass is 10.00. The van der Waals surface area contributed by atoms with E-state index in [1.165, 1.54) is 11.1 Å². The number of carboxylic acids is 1. The van der Waals surface area contributed by atoms with Crippen LogP contribution in [0.15, 0.2) is 65.6 Å². The van der Waals surface area contributed by atoms with Gasteiger partial charge in [-0.3, -0.25) is 4.79 Å². The molecule has 2 N–H and O–H groups in total. The van der Waals surface area contributed by atoms with Gasteiger partial charge in [-0.15, -0.1) is 0 Å². The molecular weight excluding hydrogens is 450 g/mol. The summed E-state index contributed by atoms with van der Waals surface area (Å²) >= 11 is 6.33. The average Bonchev–Trinajstić information content (AvgIpc) is 3.40. The van der Waals surface area contributed by atoms with Crippen LogP contribution in [0.4, 0.5) is 0 Å². The van der Waals surface area contributed by atoms with Crippen molar-refractivity contribution in [3.05, 3.63) is 98.7 Å². The highest BCUT2D eigenvalue weighted by Gasteiger charge is 2.27. The van der Waals surface area contributed by atoms with Crippen molar-refractivity contribution in [1.29, 1.82) is 0 Å². The van der Waals surface area contributed by atoms with Crippen molar-refractivity contribution in [2.24, 2.45) is 0 Å². The predicted octanol–water partition coefficient (Wildman–Crippen LogP) is 5.43. The largest absolute Gasteiger partial charge is 0.477 e. The number of hydrogen-bond donors (Lipinski definition) is 2. The Morgan fingerprint density at radius 3 is 2.65 bits per heavy atom. The topological polar surface area (TPSA) is 88.0 Å². The Kier molecular flexibility index (Phi) is 4.78. The van der Waals surface area contributed by atoms with Gasteiger partial charge in [-0.25, -0.2) is 9.78 Å². The monoisotopic (exact) mass is 469 g/mol. The zero-order valence-electron chi connectivity index (χ0n) is 18.1. The second-order valence-electron chi connectivity index (χ2n) is 8.64. The van der Waals surface area contributed by atoms with Gasteiger partial charge in [0.05, 0.1) is 5.52 Å². The van der Waals surface area contributed by atoms with Crippen molar-refractivity contribution in [3.8, 4) is 11.1 Å². The molecule has 3 heterocycles. The maximum absolute atomic E-state index is 12.8. The van der Waals surface area contributed by atoms with Gasteiger partial charge in [-0.1, -0.05) is 29.8 Å². The van der Waals surface area contributed by atoms with E-state index >= 15 is 0 Å². The first-order chi connectivity index (χ1) is 16.5. The third-order valence-electron chi connectivity index (χ3n) is 6.67. The van der Waals surface area contributed by atoms with Crippen LogP contribution in [0, 0.1) is 0 Å². The second-order valence-corrected chi connectivity index (χ2v) is 9.03. The van der Waals surface area contributed by atoms with Crippen LogP contribution >= 0.6 is 11.6 Å². The normalized spacial score (nSPS) is 13.0. The van der Waals surface area contributed by atoms with Gasteiger partial charge < -0.3 is 14.7 Å². The van der Waals surface area contributed by atoms with E-state index in [1.807, 2.05) is 24.3 Å². The van der Waals surface area contributed by atoms with Gasteiger partial charge in [-0.2, -0.15) is 0 Å². The van der Waals surface area contributed by atoms with Crippen LogP contribution in [-0.2, 0) is 19.4 Å². The van der Waals surface area contributed by atoms with Crippen LogP contribution in [0.1, 0.15) is 33.6 Å². The Labute approximate surface area is 199 Å². The van der Waals surface area contributed by atoms with E-state index in [-0.39, 0.29) is 17.8 Å². The molecule has 0 atom stereocenters. The molecule has 3 aromatic heterocycles. The Bertz CT molecular complexity index is 1680. The first kappa shape index (κ1) is 20.7. The van der Waals surface area contributed by atoms with E-state index in [1.54, 1.807) is 29.0 Å². The molecule has 0 spiro atoms. The third-order valence-corrected chi connectivity index (χ3v) is 6.86. The Morgan fingerprint density at radius 2 is 1.85 bits per heavy atom. The molecule has 0 radical (unpaired) electrons. The van der Waals surface area contributed by atoms with E-state index in [4.69, 9.17) is 11.6 Å². The summed E-state index contributed by atoms with van der Waals surface area (Å²) in [7, 11) is 0. The maximum atomic E-state index is 12.8. The zero-order chi connectivity index (χ0) is 23.4. The van der Waals surface area contributed by atoms with Crippen molar-refractivity contribution >= 4 is 39.4 Å². The molecule has 1 aliphatic rings. The van der Waals surface area contributed by atoms with E-state index in [0.717, 1.165) is 46.6 Å². The number of hydrogen-bond acceptors (Lipinski definition) is 3. The zero-order valence-corrected chi connectivity index (χ0v) is 18.9. The lowest BCUT2D eigenvalue weighted by molar-refractivity contribution is 0.0687. The number of aromatic carboxylic acids is 1. The number of nitrogens with one attached hydrogen (secondary N) is 1. The number of nitrogens with zero attached hydrogens (tertiary/aromatic N) is 2. The molecular formula is C27H20ClN3O3. The molecule has 6 rings (SSSR count). The number of fused-ring (bicyclic) bond motifs is 3. The van der Waals surface area contributed by atoms with Gasteiger partial charge in [0.2, 0.25) is 0 Å². The van der Waals surface area contributed by atoms with E-state index < -0.39 is 5.97 Å². The quantitative estimate of drug-likeness (QED) is 0.343. The summed E-state index contributed by atoms with van der Waals surface area (Å²) in [5.41, 5.74) is 5.43. The fourth-order valence-corrected chi connectivity index (χ4v) is 5.43. The Morgan fingerprint density at radius 1 is 1.06 bits per heavy atom. The second kappa shape index (κ2) is 7.85. The van der Waals surface area contributed by atoms with Crippen molar-refractivity contribution in [2.45, 2.75) is 25.8 Å². The number of carbonyl (C=O) groups is 1. The molecule has 0 aliphatic heterocycles. The van der Waals surface area contributed by atoms with Crippen LogP contribution < -0.4 is 5.56 Å². The molecule has 0 bridgehead atoms. The molecule has 5 aromatic rings. The number of aromatic amines is 1. The summed E-state index contributed by atoms with van der Waals surface area (Å²) in [5.74, 6) is -1.08. The SMILES string of the molecule is O=C(O)c1c(-c2ccc[nH]c2=O)c2cc3c(cc2n1Cc1cc(Cl)nc2ccccc12)CCC3. The number of pyridine rings is 2. The van der Waals surface area contributed by atoms with E-state index in [2.05, 4.69) is 22.1 Å². The summed E-state index contributed by atoms with van der Waals surface area (Å²) in [6.07, 6.45) is 4.53. The molecule has 0 fully saturated rings. The van der Waals surface area contributed by atoms with Crippen LogP contribution in [0.2, 0.25) is 5.15 Å². The smallest absolute Gasteiger partial charge is 0.353 e.